The Morgan fingerprint density at radius 3 is 2.90 bits per heavy atom. The normalized spacial score (nSPS) is 22.0. The van der Waals surface area contributed by atoms with Crippen LogP contribution in [0, 0.1) is 6.92 Å². The maximum absolute atomic E-state index is 11.7. The second-order valence-corrected chi connectivity index (χ2v) is 6.13. The van der Waals surface area contributed by atoms with Crippen LogP contribution in [0.1, 0.15) is 18.9 Å². The van der Waals surface area contributed by atoms with Crippen molar-refractivity contribution >= 4 is 17.7 Å². The first-order valence-electron chi connectivity index (χ1n) is 6.61. The van der Waals surface area contributed by atoms with Crippen LogP contribution in [0.2, 0.25) is 0 Å². The number of benzene rings is 1. The predicted molar refractivity (Wildman–Crippen MR) is 78.1 cm³/mol. The summed E-state index contributed by atoms with van der Waals surface area (Å²) in [4.78, 5) is 16.1. The molecule has 2 unspecified atom stereocenters. The van der Waals surface area contributed by atoms with Crippen LogP contribution in [0.3, 0.4) is 0 Å². The Labute approximate surface area is 122 Å². The molecule has 0 N–H and O–H groups in total. The van der Waals surface area contributed by atoms with Crippen LogP contribution in [0.5, 0.6) is 0 Å². The number of para-hydroxylation sites is 1. The van der Waals surface area contributed by atoms with Crippen LogP contribution in [0.15, 0.2) is 41.8 Å². The number of thioether (sulfide) groups is 1. The van der Waals surface area contributed by atoms with Gasteiger partial charge < -0.3 is 4.74 Å². The molecule has 2 atom stereocenters. The van der Waals surface area contributed by atoms with E-state index in [1.165, 1.54) is 17.3 Å². The van der Waals surface area contributed by atoms with Crippen LogP contribution >= 0.6 is 11.8 Å². The van der Waals surface area contributed by atoms with Crippen molar-refractivity contribution in [2.24, 2.45) is 0 Å². The lowest BCUT2D eigenvalue weighted by Crippen LogP contribution is -2.11. The molecule has 104 valence electrons. The van der Waals surface area contributed by atoms with Gasteiger partial charge in [-0.2, -0.15) is 0 Å². The van der Waals surface area contributed by atoms with E-state index in [1.807, 2.05) is 29.8 Å². The Morgan fingerprint density at radius 1 is 1.40 bits per heavy atom. The van der Waals surface area contributed by atoms with E-state index in [9.17, 15) is 4.79 Å². The van der Waals surface area contributed by atoms with E-state index in [0.717, 1.165) is 17.3 Å². The number of aryl methyl sites for hydroxylation is 1. The largest absolute Gasteiger partial charge is 0.462 e. The number of ether oxygens (including phenoxy) is 1. The van der Waals surface area contributed by atoms with Crippen molar-refractivity contribution in [2.75, 3.05) is 0 Å². The Bertz CT molecular complexity index is 638. The monoisotopic (exact) mass is 288 g/mol. The van der Waals surface area contributed by atoms with Crippen LogP contribution in [0.4, 0.5) is 0 Å². The van der Waals surface area contributed by atoms with E-state index >= 15 is 0 Å². The van der Waals surface area contributed by atoms with Gasteiger partial charge in [0.15, 0.2) is 5.16 Å². The average molecular weight is 288 g/mol. The van der Waals surface area contributed by atoms with Crippen molar-refractivity contribution in [3.63, 3.8) is 0 Å². The van der Waals surface area contributed by atoms with Gasteiger partial charge in [0.25, 0.3) is 0 Å². The smallest absolute Gasteiger partial charge is 0.319 e. The third kappa shape index (κ3) is 2.45. The number of imidazole rings is 1. The zero-order chi connectivity index (χ0) is 14.1. The molecule has 2 aromatic rings. The van der Waals surface area contributed by atoms with Gasteiger partial charge >= 0.3 is 5.97 Å². The number of aromatic nitrogens is 2. The third-order valence-corrected chi connectivity index (χ3v) is 4.54. The Balaban J connectivity index is 1.88. The average Bonchev–Trinajstić information content (AvgIpc) is 2.98. The lowest BCUT2D eigenvalue weighted by Gasteiger charge is -2.11. The number of carbonyl (C=O) groups is 1. The highest BCUT2D eigenvalue weighted by molar-refractivity contribution is 8.00. The molecule has 0 amide bonds. The minimum absolute atomic E-state index is 0.00173. The SMILES string of the molecule is Cc1ccccc1-n1ccnc1SC1CC(C)OC1=O. The highest BCUT2D eigenvalue weighted by atomic mass is 32.2. The maximum atomic E-state index is 11.7. The van der Waals surface area contributed by atoms with E-state index in [1.54, 1.807) is 6.20 Å². The van der Waals surface area contributed by atoms with Crippen LogP contribution < -0.4 is 0 Å². The van der Waals surface area contributed by atoms with Gasteiger partial charge in [0.05, 0.1) is 5.69 Å². The molecule has 20 heavy (non-hydrogen) atoms. The maximum Gasteiger partial charge on any atom is 0.319 e. The van der Waals surface area contributed by atoms with Crippen molar-refractivity contribution in [1.29, 1.82) is 0 Å². The highest BCUT2D eigenvalue weighted by Gasteiger charge is 2.33. The second-order valence-electron chi connectivity index (χ2n) is 4.96. The van der Waals surface area contributed by atoms with Gasteiger partial charge in [-0.25, -0.2) is 4.98 Å². The molecule has 0 radical (unpaired) electrons. The summed E-state index contributed by atoms with van der Waals surface area (Å²) >= 11 is 1.48. The zero-order valence-corrected chi connectivity index (χ0v) is 12.3. The fourth-order valence-electron chi connectivity index (χ4n) is 2.34. The summed E-state index contributed by atoms with van der Waals surface area (Å²) in [6.45, 7) is 3.99. The number of hydrogen-bond acceptors (Lipinski definition) is 4. The van der Waals surface area contributed by atoms with E-state index < -0.39 is 0 Å². The van der Waals surface area contributed by atoms with E-state index in [4.69, 9.17) is 4.74 Å². The number of hydrogen-bond donors (Lipinski definition) is 0. The summed E-state index contributed by atoms with van der Waals surface area (Å²) in [7, 11) is 0. The Morgan fingerprint density at radius 2 is 2.20 bits per heavy atom. The molecular weight excluding hydrogens is 272 g/mol. The van der Waals surface area contributed by atoms with Crippen LogP contribution in [-0.2, 0) is 9.53 Å². The molecule has 0 spiro atoms. The molecule has 1 aromatic carbocycles. The van der Waals surface area contributed by atoms with Crippen molar-refractivity contribution in [3.05, 3.63) is 42.2 Å². The zero-order valence-electron chi connectivity index (χ0n) is 11.4. The van der Waals surface area contributed by atoms with E-state index in [0.29, 0.717) is 0 Å². The number of carbonyl (C=O) groups excluding carboxylic acids is 1. The van der Waals surface area contributed by atoms with Crippen molar-refractivity contribution in [1.82, 2.24) is 9.55 Å². The highest BCUT2D eigenvalue weighted by Crippen LogP contribution is 2.32. The van der Waals surface area contributed by atoms with E-state index in [2.05, 4.69) is 24.0 Å². The first kappa shape index (κ1) is 13.2. The fourth-order valence-corrected chi connectivity index (χ4v) is 3.51. The van der Waals surface area contributed by atoms with Crippen molar-refractivity contribution in [2.45, 2.75) is 36.8 Å². The van der Waals surface area contributed by atoms with Gasteiger partial charge in [-0.15, -0.1) is 0 Å². The summed E-state index contributed by atoms with van der Waals surface area (Å²) in [5, 5.41) is 0.672. The standard InChI is InChI=1S/C15H16N2O2S/c1-10-5-3-4-6-12(10)17-8-7-16-15(17)20-13-9-11(2)19-14(13)18/h3-8,11,13H,9H2,1-2H3. The molecule has 0 aliphatic carbocycles. The lowest BCUT2D eigenvalue weighted by atomic mass is 10.2. The van der Waals surface area contributed by atoms with Crippen molar-refractivity contribution in [3.8, 4) is 5.69 Å². The Hall–Kier alpha value is -1.75. The molecule has 1 aliphatic rings. The van der Waals surface area contributed by atoms with Gasteiger partial charge in [-0.05, 0) is 25.5 Å². The van der Waals surface area contributed by atoms with Gasteiger partial charge in [-0.1, -0.05) is 30.0 Å². The van der Waals surface area contributed by atoms with E-state index in [-0.39, 0.29) is 17.3 Å². The summed E-state index contributed by atoms with van der Waals surface area (Å²) in [6.07, 6.45) is 4.43. The molecule has 1 aliphatic heterocycles. The first-order valence-corrected chi connectivity index (χ1v) is 7.49. The number of esters is 1. The molecule has 1 saturated heterocycles. The number of nitrogens with zero attached hydrogens (tertiary/aromatic N) is 2. The summed E-state index contributed by atoms with van der Waals surface area (Å²) in [6, 6.07) is 8.13. The second kappa shape index (κ2) is 5.32. The Kier molecular flexibility index (Phi) is 3.53. The summed E-state index contributed by atoms with van der Waals surface area (Å²) in [5.41, 5.74) is 2.27. The first-order chi connectivity index (χ1) is 9.65. The molecule has 5 heteroatoms. The molecule has 2 heterocycles. The fraction of sp³-hybridized carbons (Fsp3) is 0.333. The number of rotatable bonds is 3. The van der Waals surface area contributed by atoms with Crippen LogP contribution in [0.25, 0.3) is 5.69 Å². The minimum Gasteiger partial charge on any atom is -0.462 e. The topological polar surface area (TPSA) is 44.1 Å². The van der Waals surface area contributed by atoms with Gasteiger partial charge in [0.2, 0.25) is 0 Å². The van der Waals surface area contributed by atoms with Gasteiger partial charge in [0.1, 0.15) is 11.4 Å². The molecule has 4 nitrogen and oxygen atoms in total. The molecular formula is C15H16N2O2S. The molecule has 0 bridgehead atoms. The molecule has 1 fully saturated rings. The number of cyclic esters (lactones) is 1. The minimum atomic E-state index is -0.157. The lowest BCUT2D eigenvalue weighted by molar-refractivity contribution is -0.140. The van der Waals surface area contributed by atoms with Crippen molar-refractivity contribution < 1.29 is 9.53 Å². The predicted octanol–water partition coefficient (Wildman–Crippen LogP) is 2.98. The van der Waals surface area contributed by atoms with Gasteiger partial charge in [-0.3, -0.25) is 9.36 Å². The molecule has 3 rings (SSSR count). The molecule has 1 aromatic heterocycles. The molecule has 0 saturated carbocycles. The van der Waals surface area contributed by atoms with Gasteiger partial charge in [0, 0.05) is 18.8 Å². The summed E-state index contributed by atoms with van der Waals surface area (Å²) < 4.78 is 7.22. The quantitative estimate of drug-likeness (QED) is 0.814. The third-order valence-electron chi connectivity index (χ3n) is 3.36. The summed E-state index contributed by atoms with van der Waals surface area (Å²) in [5.74, 6) is -0.137. The van der Waals surface area contributed by atoms with Crippen LogP contribution in [-0.4, -0.2) is 26.9 Å².